The maximum absolute atomic E-state index is 3.61. The average Bonchev–Trinajstić information content (AvgIpc) is 2.70. The molecule has 3 nitrogen and oxygen atoms in total. The first-order chi connectivity index (χ1) is 13.8. The molecule has 0 aliphatic carbocycles. The van der Waals surface area contributed by atoms with Gasteiger partial charge in [0.05, 0.1) is 0 Å². The van der Waals surface area contributed by atoms with E-state index in [0.29, 0.717) is 0 Å². The van der Waals surface area contributed by atoms with Gasteiger partial charge in [0.1, 0.15) is 0 Å². The van der Waals surface area contributed by atoms with Crippen molar-refractivity contribution in [1.82, 2.24) is 15.5 Å². The number of rotatable bonds is 21. The molecule has 0 spiro atoms. The number of unbranched alkanes of at least 4 members (excludes halogenated alkanes) is 10. The van der Waals surface area contributed by atoms with Gasteiger partial charge in [-0.2, -0.15) is 0 Å². The normalized spacial score (nSPS) is 10.9. The van der Waals surface area contributed by atoms with Gasteiger partial charge >= 0.3 is 0 Å². The zero-order valence-electron chi connectivity index (χ0n) is 20.0. The summed E-state index contributed by atoms with van der Waals surface area (Å²) in [7, 11) is 2.04. The highest BCUT2D eigenvalue weighted by Crippen LogP contribution is 2.10. The minimum absolute atomic E-state index is 1.10. The van der Waals surface area contributed by atoms with Crippen LogP contribution in [-0.4, -0.2) is 56.5 Å². The molecule has 0 saturated heterocycles. The fourth-order valence-electron chi connectivity index (χ4n) is 3.15. The van der Waals surface area contributed by atoms with Gasteiger partial charge in [-0.05, 0) is 39.4 Å². The van der Waals surface area contributed by atoms with Gasteiger partial charge in [0.2, 0.25) is 0 Å². The second-order valence-electron chi connectivity index (χ2n) is 7.92. The predicted molar refractivity (Wildman–Crippen MR) is 134 cm³/mol. The molecule has 4 heteroatoms. The van der Waals surface area contributed by atoms with Crippen molar-refractivity contribution in [2.45, 2.75) is 104 Å². The molecular formula is C24H54BrN3. The van der Waals surface area contributed by atoms with Crippen LogP contribution in [0, 0.1) is 0 Å². The molecule has 0 aromatic carbocycles. The van der Waals surface area contributed by atoms with Gasteiger partial charge in [0.25, 0.3) is 0 Å². The Hall–Kier alpha value is 0.360. The third kappa shape index (κ3) is 28.6. The number of halogens is 1. The Morgan fingerprint density at radius 2 is 1.11 bits per heavy atom. The van der Waals surface area contributed by atoms with E-state index in [4.69, 9.17) is 0 Å². The topological polar surface area (TPSA) is 27.3 Å². The van der Waals surface area contributed by atoms with Gasteiger partial charge in [-0.3, -0.25) is 0 Å². The summed E-state index contributed by atoms with van der Waals surface area (Å²) in [4.78, 5) is 2.56. The van der Waals surface area contributed by atoms with Crippen molar-refractivity contribution in [3.63, 3.8) is 0 Å². The van der Waals surface area contributed by atoms with Crippen molar-refractivity contribution < 1.29 is 0 Å². The molecule has 0 aliphatic rings. The summed E-state index contributed by atoms with van der Waals surface area (Å²) < 4.78 is 0. The van der Waals surface area contributed by atoms with E-state index in [0.717, 1.165) is 18.4 Å². The number of likely N-dealkylation sites (N-methyl/N-ethyl adjacent to an activating group) is 1. The van der Waals surface area contributed by atoms with E-state index >= 15 is 0 Å². The van der Waals surface area contributed by atoms with E-state index in [1.165, 1.54) is 110 Å². The molecule has 0 bridgehead atoms. The molecule has 0 aromatic rings. The highest BCUT2D eigenvalue weighted by Gasteiger charge is 2.02. The molecule has 0 aromatic heterocycles. The van der Waals surface area contributed by atoms with E-state index in [1.807, 2.05) is 7.05 Å². The first-order valence-corrected chi connectivity index (χ1v) is 13.5. The molecule has 0 radical (unpaired) electrons. The third-order valence-electron chi connectivity index (χ3n) is 5.02. The van der Waals surface area contributed by atoms with Crippen molar-refractivity contribution in [2.75, 3.05) is 51.6 Å². The Morgan fingerprint density at radius 1 is 0.571 bits per heavy atom. The molecule has 0 saturated carbocycles. The van der Waals surface area contributed by atoms with Crippen LogP contribution in [-0.2, 0) is 0 Å². The molecule has 172 valence electrons. The highest BCUT2D eigenvalue weighted by molar-refractivity contribution is 9.09. The first-order valence-electron chi connectivity index (χ1n) is 12.4. The summed E-state index contributed by atoms with van der Waals surface area (Å²) in [6.07, 6.45) is 18.1. The zero-order valence-corrected chi connectivity index (χ0v) is 21.6. The minimum Gasteiger partial charge on any atom is -0.318 e. The molecule has 0 aliphatic heterocycles. The first kappa shape index (κ1) is 30.6. The number of nitrogens with one attached hydrogen (secondary N) is 2. The van der Waals surface area contributed by atoms with Gasteiger partial charge in [-0.1, -0.05) is 101 Å². The van der Waals surface area contributed by atoms with Crippen molar-refractivity contribution in [2.24, 2.45) is 0 Å². The van der Waals surface area contributed by atoms with Gasteiger partial charge in [-0.25, -0.2) is 0 Å². The molecule has 2 N–H and O–H groups in total. The summed E-state index contributed by atoms with van der Waals surface area (Å²) >= 11 is 3.31. The second kappa shape index (κ2) is 29.6. The maximum atomic E-state index is 3.61. The zero-order chi connectivity index (χ0) is 21.1. The summed E-state index contributed by atoms with van der Waals surface area (Å²) in [5.41, 5.74) is 0. The third-order valence-corrected chi connectivity index (χ3v) is 5.58. The van der Waals surface area contributed by atoms with Crippen LogP contribution in [0.15, 0.2) is 0 Å². The smallest absolute Gasteiger partial charge is 0.0107 e. The summed E-state index contributed by atoms with van der Waals surface area (Å²) in [6, 6.07) is 0. The Kier molecular flexibility index (Phi) is 32.3. The number of hydrogen-bond donors (Lipinski definition) is 2. The van der Waals surface area contributed by atoms with E-state index in [1.54, 1.807) is 0 Å². The predicted octanol–water partition coefficient (Wildman–Crippen LogP) is 6.61. The Bertz CT molecular complexity index is 250. The summed E-state index contributed by atoms with van der Waals surface area (Å²) in [5, 5.41) is 8.01. The lowest BCUT2D eigenvalue weighted by molar-refractivity contribution is 0.275. The van der Waals surface area contributed by atoms with Crippen LogP contribution >= 0.6 is 15.9 Å². The number of alkyl halides is 1. The van der Waals surface area contributed by atoms with Gasteiger partial charge in [-0.15, -0.1) is 0 Å². The number of hydrogen-bond acceptors (Lipinski definition) is 3. The highest BCUT2D eigenvalue weighted by atomic mass is 79.9. The van der Waals surface area contributed by atoms with Gasteiger partial charge in [0.15, 0.2) is 0 Å². The molecule has 0 atom stereocenters. The van der Waals surface area contributed by atoms with Crippen molar-refractivity contribution in [3.8, 4) is 0 Å². The average molecular weight is 465 g/mol. The molecule has 0 rings (SSSR count). The fourth-order valence-corrected chi connectivity index (χ4v) is 3.72. The van der Waals surface area contributed by atoms with Crippen molar-refractivity contribution in [3.05, 3.63) is 0 Å². The van der Waals surface area contributed by atoms with Crippen LogP contribution < -0.4 is 10.6 Å². The van der Waals surface area contributed by atoms with E-state index in [2.05, 4.69) is 52.2 Å². The van der Waals surface area contributed by atoms with Crippen LogP contribution in [0.5, 0.6) is 0 Å². The van der Waals surface area contributed by atoms with E-state index in [-0.39, 0.29) is 0 Å². The number of nitrogens with zero attached hydrogens (tertiary/aromatic N) is 1. The SMILES string of the molecule is CCCCBr.CCCCCCCCCCCCNCCN(CCC)CCNC. The lowest BCUT2D eigenvalue weighted by Gasteiger charge is -2.21. The van der Waals surface area contributed by atoms with Crippen LogP contribution in [0.1, 0.15) is 104 Å². The minimum atomic E-state index is 1.10. The molecule has 0 unspecified atom stereocenters. The Morgan fingerprint density at radius 3 is 1.57 bits per heavy atom. The lowest BCUT2D eigenvalue weighted by atomic mass is 10.1. The van der Waals surface area contributed by atoms with Crippen LogP contribution in [0.2, 0.25) is 0 Å². The van der Waals surface area contributed by atoms with Crippen molar-refractivity contribution in [1.29, 1.82) is 0 Å². The monoisotopic (exact) mass is 463 g/mol. The molecular weight excluding hydrogens is 410 g/mol. The quantitative estimate of drug-likeness (QED) is 0.148. The molecule has 0 fully saturated rings. The Labute approximate surface area is 187 Å². The molecule has 28 heavy (non-hydrogen) atoms. The standard InChI is InChI=1S/C20H45N3.C4H9Br/c1-4-6-7-8-9-10-11-12-13-14-15-22-17-20-23(18-5-2)19-16-21-3;1-2-3-4-5/h21-22H,4-20H2,1-3H3;2-4H2,1H3. The largest absolute Gasteiger partial charge is 0.318 e. The van der Waals surface area contributed by atoms with E-state index < -0.39 is 0 Å². The summed E-state index contributed by atoms with van der Waals surface area (Å²) in [5.74, 6) is 0. The van der Waals surface area contributed by atoms with Crippen LogP contribution in [0.3, 0.4) is 0 Å². The van der Waals surface area contributed by atoms with Gasteiger partial charge in [0, 0.05) is 31.5 Å². The van der Waals surface area contributed by atoms with Crippen LogP contribution in [0.4, 0.5) is 0 Å². The van der Waals surface area contributed by atoms with Crippen LogP contribution in [0.25, 0.3) is 0 Å². The molecule has 0 amide bonds. The molecule has 0 heterocycles. The van der Waals surface area contributed by atoms with Gasteiger partial charge < -0.3 is 15.5 Å². The van der Waals surface area contributed by atoms with Crippen molar-refractivity contribution >= 4 is 15.9 Å². The summed E-state index contributed by atoms with van der Waals surface area (Å²) in [6.45, 7) is 13.8. The second-order valence-corrected chi connectivity index (χ2v) is 8.71. The maximum Gasteiger partial charge on any atom is 0.0107 e. The fraction of sp³-hybridized carbons (Fsp3) is 1.00. The Balaban J connectivity index is 0. The van der Waals surface area contributed by atoms with E-state index in [9.17, 15) is 0 Å². The lowest BCUT2D eigenvalue weighted by Crippen LogP contribution is -2.37.